The summed E-state index contributed by atoms with van der Waals surface area (Å²) in [4.78, 5) is 28.9. The Morgan fingerprint density at radius 1 is 1.11 bits per heavy atom. The lowest BCUT2D eigenvalue weighted by molar-refractivity contribution is -0.124. The first-order valence-corrected chi connectivity index (χ1v) is 10.1. The van der Waals surface area contributed by atoms with Crippen molar-refractivity contribution in [2.75, 3.05) is 18.1 Å². The van der Waals surface area contributed by atoms with E-state index in [1.54, 1.807) is 36.0 Å². The van der Waals surface area contributed by atoms with Gasteiger partial charge < -0.3 is 15.2 Å². The van der Waals surface area contributed by atoms with E-state index in [1.165, 1.54) is 0 Å². The summed E-state index contributed by atoms with van der Waals surface area (Å²) in [6, 6.07) is 14.5. The summed E-state index contributed by atoms with van der Waals surface area (Å²) in [7, 11) is 0. The minimum absolute atomic E-state index is 0.105. The van der Waals surface area contributed by atoms with E-state index in [-0.39, 0.29) is 24.9 Å². The van der Waals surface area contributed by atoms with E-state index in [0.29, 0.717) is 16.5 Å². The molecule has 2 N–H and O–H groups in total. The van der Waals surface area contributed by atoms with E-state index < -0.39 is 0 Å². The number of aromatic nitrogens is 2. The lowest BCUT2D eigenvalue weighted by atomic mass is 10.3. The van der Waals surface area contributed by atoms with Crippen LogP contribution in [0.15, 0.2) is 48.5 Å². The second-order valence-electron chi connectivity index (χ2n) is 5.87. The number of carbonyl (C=O) groups excluding carboxylic acids is 2. The van der Waals surface area contributed by atoms with Gasteiger partial charge in [0.05, 0.1) is 23.3 Å². The molecule has 0 aliphatic rings. The molecule has 0 radical (unpaired) electrons. The highest BCUT2D eigenvalue weighted by molar-refractivity contribution is 7.97. The molecule has 2 amide bonds. The number of imidazole rings is 1. The van der Waals surface area contributed by atoms with Crippen LogP contribution in [-0.4, -0.2) is 34.2 Å². The molecule has 3 aromatic rings. The fraction of sp³-hybridized carbons (Fsp3) is 0.211. The third-order valence-corrected chi connectivity index (χ3v) is 4.68. The zero-order valence-corrected chi connectivity index (χ0v) is 16.3. The molecule has 27 heavy (non-hydrogen) atoms. The van der Waals surface area contributed by atoms with Crippen molar-refractivity contribution in [3.63, 3.8) is 0 Å². The largest absolute Gasteiger partial charge is 0.345 e. The smallest absolute Gasteiger partial charge is 0.243 e. The number of thioether (sulfide) groups is 1. The third-order valence-electron chi connectivity index (χ3n) is 3.88. The summed E-state index contributed by atoms with van der Waals surface area (Å²) in [6.45, 7) is 0.0105. The van der Waals surface area contributed by atoms with Gasteiger partial charge in [-0.1, -0.05) is 23.7 Å². The molecule has 1 aromatic heterocycles. The van der Waals surface area contributed by atoms with E-state index in [9.17, 15) is 9.59 Å². The quantitative estimate of drug-likeness (QED) is 0.635. The van der Waals surface area contributed by atoms with Gasteiger partial charge in [-0.05, 0) is 42.7 Å². The Balaban J connectivity index is 1.60. The highest BCUT2D eigenvalue weighted by Gasteiger charge is 2.14. The second kappa shape index (κ2) is 8.92. The fourth-order valence-electron chi connectivity index (χ4n) is 2.66. The van der Waals surface area contributed by atoms with Crippen LogP contribution in [0.2, 0.25) is 5.02 Å². The van der Waals surface area contributed by atoms with E-state index in [2.05, 4.69) is 15.6 Å². The predicted molar refractivity (Wildman–Crippen MR) is 110 cm³/mol. The minimum atomic E-state index is -0.300. The van der Waals surface area contributed by atoms with E-state index in [4.69, 9.17) is 11.6 Å². The Morgan fingerprint density at radius 2 is 1.85 bits per heavy atom. The number of amides is 2. The normalized spacial score (nSPS) is 10.7. The van der Waals surface area contributed by atoms with Gasteiger partial charge in [0, 0.05) is 10.7 Å². The first kappa shape index (κ1) is 19.3. The molecule has 2 aromatic carbocycles. The van der Waals surface area contributed by atoms with Crippen molar-refractivity contribution >= 4 is 51.9 Å². The van der Waals surface area contributed by atoms with Crippen LogP contribution in [0.25, 0.3) is 11.0 Å². The number of hydrogen-bond acceptors (Lipinski definition) is 4. The van der Waals surface area contributed by atoms with Crippen molar-refractivity contribution in [2.45, 2.75) is 12.3 Å². The first-order valence-electron chi connectivity index (χ1n) is 8.32. The van der Waals surface area contributed by atoms with Crippen LogP contribution in [0.5, 0.6) is 0 Å². The van der Waals surface area contributed by atoms with Gasteiger partial charge in [-0.2, -0.15) is 11.8 Å². The number of nitrogens with one attached hydrogen (secondary N) is 2. The molecule has 0 aliphatic carbocycles. The lowest BCUT2D eigenvalue weighted by Gasteiger charge is -2.10. The zero-order valence-electron chi connectivity index (χ0n) is 14.7. The number of benzene rings is 2. The maximum absolute atomic E-state index is 12.3. The average molecular weight is 403 g/mol. The summed E-state index contributed by atoms with van der Waals surface area (Å²) >= 11 is 7.46. The fourth-order valence-corrected chi connectivity index (χ4v) is 3.26. The maximum atomic E-state index is 12.3. The van der Waals surface area contributed by atoms with Crippen LogP contribution in [0.3, 0.4) is 0 Å². The summed E-state index contributed by atoms with van der Waals surface area (Å²) in [5.74, 6) is 1.00. The molecule has 1 heterocycles. The Labute approximate surface area is 166 Å². The monoisotopic (exact) mass is 402 g/mol. The molecule has 8 heteroatoms. The Morgan fingerprint density at radius 3 is 2.59 bits per heavy atom. The van der Waals surface area contributed by atoms with Crippen molar-refractivity contribution in [3.05, 3.63) is 59.4 Å². The summed E-state index contributed by atoms with van der Waals surface area (Å²) in [5, 5.41) is 5.96. The van der Waals surface area contributed by atoms with Gasteiger partial charge in [-0.3, -0.25) is 9.59 Å². The van der Waals surface area contributed by atoms with Crippen LogP contribution in [0.4, 0.5) is 5.69 Å². The number of anilines is 1. The van der Waals surface area contributed by atoms with Gasteiger partial charge in [0.1, 0.15) is 12.4 Å². The van der Waals surface area contributed by atoms with E-state index in [0.717, 1.165) is 16.9 Å². The Hall–Kier alpha value is -2.51. The zero-order chi connectivity index (χ0) is 19.2. The van der Waals surface area contributed by atoms with Gasteiger partial charge in [-0.25, -0.2) is 4.98 Å². The van der Waals surface area contributed by atoms with E-state index >= 15 is 0 Å². The number of nitrogens with zero attached hydrogens (tertiary/aromatic N) is 2. The van der Waals surface area contributed by atoms with Gasteiger partial charge in [-0.15, -0.1) is 0 Å². The third kappa shape index (κ3) is 5.02. The molecule has 0 spiro atoms. The molecule has 0 saturated heterocycles. The molecule has 0 saturated carbocycles. The number of rotatable bonds is 7. The molecular formula is C19H19ClN4O2S. The predicted octanol–water partition coefficient (Wildman–Crippen LogP) is 3.31. The van der Waals surface area contributed by atoms with Crippen molar-refractivity contribution in [2.24, 2.45) is 0 Å². The molecule has 6 nitrogen and oxygen atoms in total. The average Bonchev–Trinajstić information content (AvgIpc) is 3.00. The number of fused-ring (bicyclic) bond motifs is 1. The number of hydrogen-bond donors (Lipinski definition) is 2. The maximum Gasteiger partial charge on any atom is 0.243 e. The standard InChI is InChI=1S/C19H19ClN4O2S/c1-27-12-17-23-15-4-2-3-5-16(15)24(17)11-19(26)21-10-18(25)22-14-8-6-13(20)7-9-14/h2-9H,10-12H2,1H3,(H,21,26)(H,22,25). The molecule has 0 fully saturated rings. The van der Waals surface area contributed by atoms with Crippen LogP contribution in [0.1, 0.15) is 5.82 Å². The Bertz CT molecular complexity index is 956. The van der Waals surface area contributed by atoms with Crippen molar-refractivity contribution in [1.29, 1.82) is 0 Å². The van der Waals surface area contributed by atoms with Gasteiger partial charge in [0.2, 0.25) is 11.8 Å². The van der Waals surface area contributed by atoms with Gasteiger partial charge >= 0.3 is 0 Å². The van der Waals surface area contributed by atoms with Crippen LogP contribution < -0.4 is 10.6 Å². The van der Waals surface area contributed by atoms with Crippen LogP contribution in [0, 0.1) is 0 Å². The van der Waals surface area contributed by atoms with Crippen LogP contribution in [-0.2, 0) is 21.9 Å². The molecule has 140 valence electrons. The topological polar surface area (TPSA) is 76.0 Å². The molecule has 0 bridgehead atoms. The molecule has 0 unspecified atom stereocenters. The number of carbonyl (C=O) groups is 2. The summed E-state index contributed by atoms with van der Waals surface area (Å²) in [6.07, 6.45) is 1.99. The van der Waals surface area contributed by atoms with Gasteiger partial charge in [0.25, 0.3) is 0 Å². The van der Waals surface area contributed by atoms with Crippen molar-refractivity contribution < 1.29 is 9.59 Å². The van der Waals surface area contributed by atoms with Crippen molar-refractivity contribution in [3.8, 4) is 0 Å². The second-order valence-corrected chi connectivity index (χ2v) is 7.17. The molecule has 3 rings (SSSR count). The highest BCUT2D eigenvalue weighted by Crippen LogP contribution is 2.18. The Kier molecular flexibility index (Phi) is 6.36. The lowest BCUT2D eigenvalue weighted by Crippen LogP contribution is -2.35. The van der Waals surface area contributed by atoms with Crippen LogP contribution >= 0.6 is 23.4 Å². The molecule has 0 aliphatic heterocycles. The number of halogens is 1. The highest BCUT2D eigenvalue weighted by atomic mass is 35.5. The van der Waals surface area contributed by atoms with E-state index in [1.807, 2.05) is 35.1 Å². The van der Waals surface area contributed by atoms with Gasteiger partial charge in [0.15, 0.2) is 0 Å². The van der Waals surface area contributed by atoms with Crippen molar-refractivity contribution in [1.82, 2.24) is 14.9 Å². The summed E-state index contributed by atoms with van der Waals surface area (Å²) < 4.78 is 1.89. The summed E-state index contributed by atoms with van der Waals surface area (Å²) in [5.41, 5.74) is 2.39. The minimum Gasteiger partial charge on any atom is -0.345 e. The molecule has 0 atom stereocenters. The SMILES string of the molecule is CSCc1nc2ccccc2n1CC(=O)NCC(=O)Nc1ccc(Cl)cc1. The molecular weight excluding hydrogens is 384 g/mol. The number of para-hydroxylation sites is 2. The first-order chi connectivity index (χ1) is 13.1.